The minimum absolute atomic E-state index is 0.0145. The first kappa shape index (κ1) is 15.9. The van der Waals surface area contributed by atoms with Crippen LogP contribution in [-0.2, 0) is 10.2 Å². The number of hydrogen-bond donors (Lipinski definition) is 2. The van der Waals surface area contributed by atoms with Gasteiger partial charge in [-0.1, -0.05) is 31.5 Å². The second-order valence-corrected chi connectivity index (χ2v) is 6.96. The largest absolute Gasteiger partial charge is 0.333 e. The van der Waals surface area contributed by atoms with E-state index >= 15 is 0 Å². The Morgan fingerprint density at radius 3 is 2.92 bits per heavy atom. The van der Waals surface area contributed by atoms with E-state index in [-0.39, 0.29) is 17.9 Å². The zero-order valence-corrected chi connectivity index (χ0v) is 14.5. The lowest BCUT2D eigenvalue weighted by atomic mass is 9.73. The van der Waals surface area contributed by atoms with Gasteiger partial charge in [-0.2, -0.15) is 5.10 Å². The highest BCUT2D eigenvalue weighted by atomic mass is 16.2. The molecule has 1 aromatic heterocycles. The van der Waals surface area contributed by atoms with Crippen LogP contribution in [0.5, 0.6) is 0 Å². The van der Waals surface area contributed by atoms with Crippen LogP contribution in [0.15, 0.2) is 30.3 Å². The van der Waals surface area contributed by atoms with Crippen molar-refractivity contribution >= 4 is 17.5 Å². The first-order valence-corrected chi connectivity index (χ1v) is 8.82. The summed E-state index contributed by atoms with van der Waals surface area (Å²) in [6.07, 6.45) is 2.35. The molecule has 1 fully saturated rings. The summed E-state index contributed by atoms with van der Waals surface area (Å²) in [5.41, 5.74) is 2.52. The third-order valence-corrected chi connectivity index (χ3v) is 5.50. The summed E-state index contributed by atoms with van der Waals surface area (Å²) in [6.45, 7) is 4.53. The first-order valence-electron chi connectivity index (χ1n) is 8.82. The highest BCUT2D eigenvalue weighted by Gasteiger charge is 2.58. The SMILES string of the molecule is CCC[C@@H]1N(C(=O)c2cc(C)[nH]n2)CC[C@]12C(=O)Nc1ccccc12. The van der Waals surface area contributed by atoms with E-state index in [0.29, 0.717) is 18.7 Å². The molecule has 130 valence electrons. The van der Waals surface area contributed by atoms with E-state index in [4.69, 9.17) is 0 Å². The Kier molecular flexibility index (Phi) is 3.63. The Labute approximate surface area is 146 Å². The molecule has 2 atom stereocenters. The lowest BCUT2D eigenvalue weighted by Gasteiger charge is -2.33. The second-order valence-electron chi connectivity index (χ2n) is 6.96. The Morgan fingerprint density at radius 2 is 2.20 bits per heavy atom. The molecule has 2 aromatic rings. The molecule has 0 bridgehead atoms. The molecule has 0 radical (unpaired) electrons. The summed E-state index contributed by atoms with van der Waals surface area (Å²) in [5, 5.41) is 9.97. The number of fused-ring (bicyclic) bond motifs is 2. The van der Waals surface area contributed by atoms with Crippen molar-refractivity contribution in [2.24, 2.45) is 0 Å². The van der Waals surface area contributed by atoms with Crippen molar-refractivity contribution in [3.8, 4) is 0 Å². The summed E-state index contributed by atoms with van der Waals surface area (Å²) in [4.78, 5) is 27.8. The Balaban J connectivity index is 1.76. The Morgan fingerprint density at radius 1 is 1.40 bits per heavy atom. The van der Waals surface area contributed by atoms with Crippen molar-refractivity contribution in [2.45, 2.75) is 44.6 Å². The van der Waals surface area contributed by atoms with E-state index in [1.165, 1.54) is 0 Å². The topological polar surface area (TPSA) is 78.1 Å². The van der Waals surface area contributed by atoms with Crippen LogP contribution in [0.3, 0.4) is 0 Å². The number of amides is 2. The maximum absolute atomic E-state index is 13.0. The van der Waals surface area contributed by atoms with E-state index in [1.54, 1.807) is 6.07 Å². The van der Waals surface area contributed by atoms with Gasteiger partial charge in [-0.3, -0.25) is 14.7 Å². The van der Waals surface area contributed by atoms with Crippen LogP contribution in [-0.4, -0.2) is 39.5 Å². The molecule has 2 N–H and O–H groups in total. The fourth-order valence-corrected chi connectivity index (χ4v) is 4.40. The van der Waals surface area contributed by atoms with Crippen LogP contribution >= 0.6 is 0 Å². The molecule has 3 heterocycles. The average molecular weight is 338 g/mol. The van der Waals surface area contributed by atoms with Gasteiger partial charge in [-0.15, -0.1) is 0 Å². The van der Waals surface area contributed by atoms with Crippen molar-refractivity contribution in [2.75, 3.05) is 11.9 Å². The number of carbonyl (C=O) groups is 2. The normalized spacial score (nSPS) is 24.6. The van der Waals surface area contributed by atoms with Gasteiger partial charge in [0.2, 0.25) is 5.91 Å². The number of anilines is 1. The molecule has 2 amide bonds. The van der Waals surface area contributed by atoms with E-state index < -0.39 is 5.41 Å². The van der Waals surface area contributed by atoms with Gasteiger partial charge < -0.3 is 10.2 Å². The molecular weight excluding hydrogens is 316 g/mol. The summed E-state index contributed by atoms with van der Waals surface area (Å²) in [5.74, 6) is -0.0856. The summed E-state index contributed by atoms with van der Waals surface area (Å²) in [7, 11) is 0. The van der Waals surface area contributed by atoms with Crippen molar-refractivity contribution in [1.82, 2.24) is 15.1 Å². The lowest BCUT2D eigenvalue weighted by Crippen LogP contribution is -2.48. The van der Waals surface area contributed by atoms with Gasteiger partial charge >= 0.3 is 0 Å². The van der Waals surface area contributed by atoms with Crippen LogP contribution in [0.2, 0.25) is 0 Å². The molecule has 0 saturated carbocycles. The highest BCUT2D eigenvalue weighted by Crippen LogP contribution is 2.49. The number of aromatic nitrogens is 2. The maximum Gasteiger partial charge on any atom is 0.274 e. The van der Waals surface area contributed by atoms with E-state index in [2.05, 4.69) is 22.4 Å². The molecule has 1 aromatic carbocycles. The summed E-state index contributed by atoms with van der Waals surface area (Å²) in [6, 6.07) is 9.46. The van der Waals surface area contributed by atoms with E-state index in [9.17, 15) is 9.59 Å². The number of likely N-dealkylation sites (tertiary alicyclic amines) is 1. The zero-order valence-electron chi connectivity index (χ0n) is 14.5. The molecule has 6 heteroatoms. The van der Waals surface area contributed by atoms with E-state index in [1.807, 2.05) is 36.1 Å². The Hall–Kier alpha value is -2.63. The predicted molar refractivity (Wildman–Crippen MR) is 94.4 cm³/mol. The zero-order chi connectivity index (χ0) is 17.6. The fraction of sp³-hybridized carbons (Fsp3) is 0.421. The molecule has 2 aliphatic rings. The molecule has 6 nitrogen and oxygen atoms in total. The van der Waals surface area contributed by atoms with Crippen LogP contribution in [0.4, 0.5) is 5.69 Å². The number of carbonyl (C=O) groups excluding carboxylic acids is 2. The van der Waals surface area contributed by atoms with Gasteiger partial charge in [-0.25, -0.2) is 0 Å². The number of para-hydroxylation sites is 1. The van der Waals surface area contributed by atoms with E-state index in [0.717, 1.165) is 29.8 Å². The van der Waals surface area contributed by atoms with Gasteiger partial charge in [0.15, 0.2) is 0 Å². The first-order chi connectivity index (χ1) is 12.1. The number of aryl methyl sites for hydroxylation is 1. The molecule has 4 rings (SSSR count). The second kappa shape index (κ2) is 5.72. The fourth-order valence-electron chi connectivity index (χ4n) is 4.40. The van der Waals surface area contributed by atoms with Crippen LogP contribution in [0, 0.1) is 6.92 Å². The number of aromatic amines is 1. The van der Waals surface area contributed by atoms with Crippen LogP contribution < -0.4 is 5.32 Å². The van der Waals surface area contributed by atoms with Crippen LogP contribution in [0.1, 0.15) is 47.9 Å². The number of hydrogen-bond acceptors (Lipinski definition) is 3. The van der Waals surface area contributed by atoms with Gasteiger partial charge in [-0.05, 0) is 37.5 Å². The minimum atomic E-state index is -0.645. The summed E-state index contributed by atoms with van der Waals surface area (Å²) < 4.78 is 0. The van der Waals surface area contributed by atoms with Gasteiger partial charge in [0.05, 0.1) is 11.5 Å². The standard InChI is InChI=1S/C19H22N4O2/c1-3-6-16-19(13-7-4-5-8-14(13)20-18(19)25)9-10-23(16)17(24)15-11-12(2)21-22-15/h4-5,7-8,11,16H,3,6,9-10H2,1-2H3,(H,20,25)(H,21,22)/t16-,19+/m0/s1. The molecule has 2 aliphatic heterocycles. The van der Waals surface area contributed by atoms with Crippen molar-refractivity contribution in [1.29, 1.82) is 0 Å². The minimum Gasteiger partial charge on any atom is -0.333 e. The highest BCUT2D eigenvalue weighted by molar-refractivity contribution is 6.08. The third-order valence-electron chi connectivity index (χ3n) is 5.50. The number of rotatable bonds is 3. The number of nitrogens with one attached hydrogen (secondary N) is 2. The molecule has 0 aliphatic carbocycles. The Bertz CT molecular complexity index is 843. The maximum atomic E-state index is 13.0. The quantitative estimate of drug-likeness (QED) is 0.903. The van der Waals surface area contributed by atoms with Crippen molar-refractivity contribution < 1.29 is 9.59 Å². The van der Waals surface area contributed by atoms with Gasteiger partial charge in [0, 0.05) is 17.9 Å². The molecule has 1 saturated heterocycles. The lowest BCUT2D eigenvalue weighted by molar-refractivity contribution is -0.121. The molecule has 0 unspecified atom stereocenters. The average Bonchev–Trinajstić information content (AvgIpc) is 3.27. The molecule has 25 heavy (non-hydrogen) atoms. The number of benzene rings is 1. The smallest absolute Gasteiger partial charge is 0.274 e. The van der Waals surface area contributed by atoms with Crippen molar-refractivity contribution in [3.05, 3.63) is 47.3 Å². The number of nitrogens with zero attached hydrogens (tertiary/aromatic N) is 2. The molecule has 1 spiro atoms. The third kappa shape index (κ3) is 2.20. The molecular formula is C19H22N4O2. The number of H-pyrrole nitrogens is 1. The van der Waals surface area contributed by atoms with Gasteiger partial charge in [0.25, 0.3) is 5.91 Å². The predicted octanol–water partition coefficient (Wildman–Crippen LogP) is 2.62. The summed E-state index contributed by atoms with van der Waals surface area (Å²) >= 11 is 0. The van der Waals surface area contributed by atoms with Crippen LogP contribution in [0.25, 0.3) is 0 Å². The van der Waals surface area contributed by atoms with Gasteiger partial charge in [0.1, 0.15) is 5.69 Å². The van der Waals surface area contributed by atoms with Crippen molar-refractivity contribution in [3.63, 3.8) is 0 Å². The monoisotopic (exact) mass is 338 g/mol.